The largest absolute Gasteiger partial charge is 0.373 e. The third kappa shape index (κ3) is 2.08. The zero-order chi connectivity index (χ0) is 9.10. The van der Waals surface area contributed by atoms with E-state index in [1.807, 2.05) is 18.2 Å². The van der Waals surface area contributed by atoms with Crippen LogP contribution in [0.2, 0.25) is 0 Å². The highest BCUT2D eigenvalue weighted by molar-refractivity contribution is 5.18. The second kappa shape index (κ2) is 3.90. The Labute approximate surface area is 78.7 Å². The molecule has 2 N–H and O–H groups in total. The fraction of sp³-hybridized carbons (Fsp3) is 0.455. The van der Waals surface area contributed by atoms with Gasteiger partial charge in [-0.15, -0.1) is 0 Å². The van der Waals surface area contributed by atoms with Gasteiger partial charge in [0.1, 0.15) is 0 Å². The van der Waals surface area contributed by atoms with Crippen molar-refractivity contribution in [3.8, 4) is 0 Å². The molecule has 0 aromatic heterocycles. The van der Waals surface area contributed by atoms with E-state index < -0.39 is 0 Å². The summed E-state index contributed by atoms with van der Waals surface area (Å²) >= 11 is 0. The van der Waals surface area contributed by atoms with Crippen molar-refractivity contribution in [3.63, 3.8) is 0 Å². The van der Waals surface area contributed by atoms with E-state index in [0.717, 1.165) is 19.4 Å². The maximum atomic E-state index is 5.88. The van der Waals surface area contributed by atoms with Crippen molar-refractivity contribution >= 4 is 0 Å². The van der Waals surface area contributed by atoms with E-state index in [0.29, 0.717) is 6.04 Å². The quantitative estimate of drug-likeness (QED) is 0.710. The highest BCUT2D eigenvalue weighted by atomic mass is 16.5. The maximum absolute atomic E-state index is 5.88. The van der Waals surface area contributed by atoms with Crippen molar-refractivity contribution in [3.05, 3.63) is 35.9 Å². The standard InChI is InChI=1S/C11H15NO/c12-10-6-7-13-11(8-10)9-4-2-1-3-5-9/h1-5,10-11H,6-8,12H2/t10-,11+/m1/s1. The van der Waals surface area contributed by atoms with E-state index >= 15 is 0 Å². The molecule has 2 rings (SSSR count). The van der Waals surface area contributed by atoms with Crippen molar-refractivity contribution < 1.29 is 4.74 Å². The molecule has 70 valence electrons. The minimum atomic E-state index is 0.213. The summed E-state index contributed by atoms with van der Waals surface area (Å²) in [6.45, 7) is 0.792. The zero-order valence-electron chi connectivity index (χ0n) is 7.65. The van der Waals surface area contributed by atoms with Gasteiger partial charge in [0.15, 0.2) is 0 Å². The number of nitrogens with two attached hydrogens (primary N) is 1. The first-order chi connectivity index (χ1) is 6.36. The molecular formula is C11H15NO. The molecule has 0 bridgehead atoms. The molecule has 0 amide bonds. The lowest BCUT2D eigenvalue weighted by atomic mass is 9.98. The lowest BCUT2D eigenvalue weighted by Crippen LogP contribution is -2.30. The Kier molecular flexibility index (Phi) is 2.62. The van der Waals surface area contributed by atoms with Gasteiger partial charge < -0.3 is 10.5 Å². The first-order valence-corrected chi connectivity index (χ1v) is 4.78. The molecule has 1 fully saturated rings. The topological polar surface area (TPSA) is 35.2 Å². The summed E-state index contributed by atoms with van der Waals surface area (Å²) < 4.78 is 5.65. The molecule has 0 unspecified atom stereocenters. The minimum Gasteiger partial charge on any atom is -0.373 e. The van der Waals surface area contributed by atoms with E-state index in [2.05, 4.69) is 12.1 Å². The highest BCUT2D eigenvalue weighted by Crippen LogP contribution is 2.26. The predicted octanol–water partition coefficient (Wildman–Crippen LogP) is 1.87. The number of ether oxygens (including phenoxy) is 1. The Morgan fingerprint density at radius 1 is 1.23 bits per heavy atom. The van der Waals surface area contributed by atoms with Gasteiger partial charge in [-0.05, 0) is 18.4 Å². The first kappa shape index (κ1) is 8.73. The zero-order valence-corrected chi connectivity index (χ0v) is 7.65. The maximum Gasteiger partial charge on any atom is 0.0839 e. The van der Waals surface area contributed by atoms with Crippen LogP contribution in [0.15, 0.2) is 30.3 Å². The monoisotopic (exact) mass is 177 g/mol. The second-order valence-electron chi connectivity index (χ2n) is 3.55. The Balaban J connectivity index is 2.08. The van der Waals surface area contributed by atoms with Gasteiger partial charge >= 0.3 is 0 Å². The van der Waals surface area contributed by atoms with Crippen LogP contribution < -0.4 is 5.73 Å². The smallest absolute Gasteiger partial charge is 0.0839 e. The third-order valence-corrected chi connectivity index (χ3v) is 2.50. The van der Waals surface area contributed by atoms with Crippen molar-refractivity contribution in [2.75, 3.05) is 6.61 Å². The van der Waals surface area contributed by atoms with Crippen LogP contribution in [-0.4, -0.2) is 12.6 Å². The molecule has 0 saturated carbocycles. The molecule has 2 atom stereocenters. The van der Waals surface area contributed by atoms with Gasteiger partial charge in [-0.25, -0.2) is 0 Å². The Morgan fingerprint density at radius 2 is 2.00 bits per heavy atom. The van der Waals surface area contributed by atoms with Crippen molar-refractivity contribution in [1.29, 1.82) is 0 Å². The summed E-state index contributed by atoms with van der Waals surface area (Å²) in [5.41, 5.74) is 7.13. The normalized spacial score (nSPS) is 28.7. The molecule has 1 saturated heterocycles. The Morgan fingerprint density at radius 3 is 2.69 bits per heavy atom. The fourth-order valence-corrected chi connectivity index (χ4v) is 1.72. The Hall–Kier alpha value is -0.860. The van der Waals surface area contributed by atoms with E-state index in [1.165, 1.54) is 5.56 Å². The van der Waals surface area contributed by atoms with Crippen molar-refractivity contribution in [2.24, 2.45) is 5.73 Å². The summed E-state index contributed by atoms with van der Waals surface area (Å²) in [7, 11) is 0. The number of benzene rings is 1. The molecule has 1 aliphatic heterocycles. The van der Waals surface area contributed by atoms with E-state index in [4.69, 9.17) is 10.5 Å². The molecule has 1 aromatic rings. The summed E-state index contributed by atoms with van der Waals surface area (Å²) in [6.07, 6.45) is 2.15. The van der Waals surface area contributed by atoms with Gasteiger partial charge in [-0.3, -0.25) is 0 Å². The van der Waals surface area contributed by atoms with Crippen molar-refractivity contribution in [2.45, 2.75) is 25.0 Å². The summed E-state index contributed by atoms with van der Waals surface area (Å²) in [4.78, 5) is 0. The van der Waals surface area contributed by atoms with E-state index in [-0.39, 0.29) is 6.10 Å². The molecule has 1 heterocycles. The third-order valence-electron chi connectivity index (χ3n) is 2.50. The average Bonchev–Trinajstić information content (AvgIpc) is 2.19. The van der Waals surface area contributed by atoms with Crippen LogP contribution in [0.3, 0.4) is 0 Å². The summed E-state index contributed by atoms with van der Waals surface area (Å²) in [5, 5.41) is 0. The highest BCUT2D eigenvalue weighted by Gasteiger charge is 2.20. The SMILES string of the molecule is N[C@@H]1CCO[C@H](c2ccccc2)C1. The van der Waals surface area contributed by atoms with Gasteiger partial charge in [0.05, 0.1) is 6.10 Å². The van der Waals surface area contributed by atoms with Crippen LogP contribution in [0.1, 0.15) is 24.5 Å². The van der Waals surface area contributed by atoms with Crippen LogP contribution >= 0.6 is 0 Å². The van der Waals surface area contributed by atoms with Crippen LogP contribution in [0.4, 0.5) is 0 Å². The molecule has 2 nitrogen and oxygen atoms in total. The lowest BCUT2D eigenvalue weighted by Gasteiger charge is -2.27. The summed E-state index contributed by atoms with van der Waals surface area (Å²) in [6, 6.07) is 10.6. The Bertz CT molecular complexity index is 260. The summed E-state index contributed by atoms with van der Waals surface area (Å²) in [5.74, 6) is 0. The molecule has 1 aromatic carbocycles. The number of hydrogen-bond donors (Lipinski definition) is 1. The van der Waals surface area contributed by atoms with Crippen LogP contribution in [0, 0.1) is 0 Å². The van der Waals surface area contributed by atoms with Crippen LogP contribution in [0.5, 0.6) is 0 Å². The van der Waals surface area contributed by atoms with Gasteiger partial charge in [0.25, 0.3) is 0 Å². The molecule has 2 heteroatoms. The fourth-order valence-electron chi connectivity index (χ4n) is 1.72. The van der Waals surface area contributed by atoms with Crippen molar-refractivity contribution in [1.82, 2.24) is 0 Å². The van der Waals surface area contributed by atoms with Gasteiger partial charge in [-0.1, -0.05) is 30.3 Å². The first-order valence-electron chi connectivity index (χ1n) is 4.78. The second-order valence-corrected chi connectivity index (χ2v) is 3.55. The predicted molar refractivity (Wildman–Crippen MR) is 52.3 cm³/mol. The minimum absolute atomic E-state index is 0.213. The molecular weight excluding hydrogens is 162 g/mol. The number of rotatable bonds is 1. The van der Waals surface area contributed by atoms with Gasteiger partial charge in [0, 0.05) is 12.6 Å². The molecule has 0 radical (unpaired) electrons. The van der Waals surface area contributed by atoms with Gasteiger partial charge in [0.2, 0.25) is 0 Å². The molecule has 13 heavy (non-hydrogen) atoms. The molecule has 0 spiro atoms. The van der Waals surface area contributed by atoms with Crippen LogP contribution in [0.25, 0.3) is 0 Å². The van der Waals surface area contributed by atoms with Gasteiger partial charge in [-0.2, -0.15) is 0 Å². The lowest BCUT2D eigenvalue weighted by molar-refractivity contribution is 0.00668. The molecule has 0 aliphatic carbocycles. The average molecular weight is 177 g/mol. The van der Waals surface area contributed by atoms with E-state index in [9.17, 15) is 0 Å². The van der Waals surface area contributed by atoms with Crippen LogP contribution in [-0.2, 0) is 4.74 Å². The molecule has 1 aliphatic rings. The van der Waals surface area contributed by atoms with E-state index in [1.54, 1.807) is 0 Å². The number of hydrogen-bond acceptors (Lipinski definition) is 2.